The zero-order chi connectivity index (χ0) is 18.9. The molecule has 2 aliphatic rings. The number of carbonyl (C=O) groups excluding carboxylic acids is 2. The van der Waals surface area contributed by atoms with E-state index >= 15 is 0 Å². The van der Waals surface area contributed by atoms with Gasteiger partial charge >= 0.3 is 5.97 Å². The van der Waals surface area contributed by atoms with Crippen molar-refractivity contribution in [3.05, 3.63) is 17.5 Å². The van der Waals surface area contributed by atoms with Crippen LogP contribution in [-0.4, -0.2) is 71.3 Å². The maximum absolute atomic E-state index is 12.9. The van der Waals surface area contributed by atoms with Crippen LogP contribution in [0.1, 0.15) is 48.7 Å². The number of esters is 1. The third-order valence-electron chi connectivity index (χ3n) is 5.67. The molecule has 144 valence electrons. The lowest BCUT2D eigenvalue weighted by atomic mass is 9.76. The summed E-state index contributed by atoms with van der Waals surface area (Å²) in [6.45, 7) is 6.81. The molecule has 1 aromatic rings. The Morgan fingerprint density at radius 1 is 1.38 bits per heavy atom. The number of amides is 1. The van der Waals surface area contributed by atoms with Gasteiger partial charge in [0.1, 0.15) is 6.10 Å². The summed E-state index contributed by atoms with van der Waals surface area (Å²) in [6.07, 6.45) is 4.76. The van der Waals surface area contributed by atoms with E-state index < -0.39 is 5.41 Å². The summed E-state index contributed by atoms with van der Waals surface area (Å²) in [5.41, 5.74) is 1.19. The van der Waals surface area contributed by atoms with E-state index in [4.69, 9.17) is 4.74 Å². The second-order valence-electron chi connectivity index (χ2n) is 7.93. The Bertz CT molecular complexity index is 674. The van der Waals surface area contributed by atoms with Crippen molar-refractivity contribution in [2.45, 2.75) is 52.2 Å². The summed E-state index contributed by atoms with van der Waals surface area (Å²) in [6, 6.07) is 0. The number of carbonyl (C=O) groups is 2. The number of likely N-dealkylation sites (N-methyl/N-ethyl adjacent to an activating group) is 1. The summed E-state index contributed by atoms with van der Waals surface area (Å²) in [7, 11) is 3.97. The highest BCUT2D eigenvalue weighted by Crippen LogP contribution is 2.43. The van der Waals surface area contributed by atoms with Crippen molar-refractivity contribution >= 4 is 11.9 Å². The molecule has 1 amide bonds. The van der Waals surface area contributed by atoms with Crippen LogP contribution in [0.2, 0.25) is 0 Å². The lowest BCUT2D eigenvalue weighted by Crippen LogP contribution is -2.45. The molecule has 0 aliphatic carbocycles. The largest absolute Gasteiger partial charge is 0.461 e. The lowest BCUT2D eigenvalue weighted by Gasteiger charge is -2.36. The molecule has 1 atom stereocenters. The van der Waals surface area contributed by atoms with Gasteiger partial charge < -0.3 is 14.5 Å². The van der Waals surface area contributed by atoms with E-state index in [0.717, 1.165) is 31.6 Å². The molecule has 1 unspecified atom stereocenters. The first-order valence-electron chi connectivity index (χ1n) is 9.54. The predicted molar refractivity (Wildman–Crippen MR) is 97.9 cm³/mol. The van der Waals surface area contributed by atoms with Gasteiger partial charge in [0.15, 0.2) is 0 Å². The maximum Gasteiger partial charge on any atom is 0.312 e. The van der Waals surface area contributed by atoms with E-state index in [9.17, 15) is 9.59 Å². The maximum atomic E-state index is 12.9. The SMILES string of the molecule is CCCn1ncc(C(=O)N2CCC3(CC2)CC(CN(C)C)OC3=O)c1C. The van der Waals surface area contributed by atoms with Crippen LogP contribution >= 0.6 is 0 Å². The number of hydrogen-bond donors (Lipinski definition) is 0. The molecule has 2 saturated heterocycles. The van der Waals surface area contributed by atoms with Crippen molar-refractivity contribution in [1.29, 1.82) is 0 Å². The molecular weight excluding hydrogens is 332 g/mol. The molecule has 3 heterocycles. The van der Waals surface area contributed by atoms with Gasteiger partial charge in [0.2, 0.25) is 0 Å². The van der Waals surface area contributed by atoms with Crippen molar-refractivity contribution in [1.82, 2.24) is 19.6 Å². The van der Waals surface area contributed by atoms with Crippen LogP contribution < -0.4 is 0 Å². The van der Waals surface area contributed by atoms with E-state index in [-0.39, 0.29) is 18.0 Å². The molecule has 1 spiro atoms. The predicted octanol–water partition coefficient (Wildman–Crippen LogP) is 1.70. The number of nitrogens with zero attached hydrogens (tertiary/aromatic N) is 4. The van der Waals surface area contributed by atoms with Gasteiger partial charge in [-0.1, -0.05) is 6.92 Å². The van der Waals surface area contributed by atoms with E-state index in [0.29, 0.717) is 31.5 Å². The second kappa shape index (κ2) is 7.39. The van der Waals surface area contributed by atoms with E-state index in [1.54, 1.807) is 6.20 Å². The zero-order valence-electron chi connectivity index (χ0n) is 16.3. The average molecular weight is 362 g/mol. The van der Waals surface area contributed by atoms with Crippen LogP contribution in [0.3, 0.4) is 0 Å². The van der Waals surface area contributed by atoms with Gasteiger partial charge in [-0.2, -0.15) is 5.10 Å². The van der Waals surface area contributed by atoms with Crippen LogP contribution in [0.4, 0.5) is 0 Å². The number of aryl methyl sites for hydroxylation is 1. The molecule has 0 bridgehead atoms. The van der Waals surface area contributed by atoms with Crippen LogP contribution in [-0.2, 0) is 16.1 Å². The Kier molecular flexibility index (Phi) is 5.37. The number of ether oxygens (including phenoxy) is 1. The lowest BCUT2D eigenvalue weighted by molar-refractivity contribution is -0.150. The standard InChI is InChI=1S/C19H30N4O3/c1-5-8-23-14(2)16(12-20-23)17(24)22-9-6-19(7-10-22)11-15(13-21(3)4)26-18(19)25/h12,15H,5-11,13H2,1-4H3. The highest BCUT2D eigenvalue weighted by atomic mass is 16.6. The molecule has 0 N–H and O–H groups in total. The highest BCUT2D eigenvalue weighted by molar-refractivity contribution is 5.95. The van der Waals surface area contributed by atoms with Gasteiger partial charge in [-0.05, 0) is 40.3 Å². The number of likely N-dealkylation sites (tertiary alicyclic amines) is 1. The van der Waals surface area contributed by atoms with Crippen LogP contribution in [0.5, 0.6) is 0 Å². The van der Waals surface area contributed by atoms with E-state index in [1.807, 2.05) is 35.5 Å². The Hall–Kier alpha value is -1.89. The Balaban J connectivity index is 1.63. The normalized spacial score (nSPS) is 22.3. The van der Waals surface area contributed by atoms with Crippen LogP contribution in [0, 0.1) is 12.3 Å². The van der Waals surface area contributed by atoms with Crippen molar-refractivity contribution in [2.24, 2.45) is 5.41 Å². The van der Waals surface area contributed by atoms with Crippen LogP contribution in [0.15, 0.2) is 6.20 Å². The van der Waals surface area contributed by atoms with Gasteiger partial charge in [-0.25, -0.2) is 0 Å². The average Bonchev–Trinajstić information content (AvgIpc) is 3.08. The highest BCUT2D eigenvalue weighted by Gasteiger charge is 2.50. The van der Waals surface area contributed by atoms with E-state index in [1.165, 1.54) is 0 Å². The van der Waals surface area contributed by atoms with Crippen LogP contribution in [0.25, 0.3) is 0 Å². The molecule has 26 heavy (non-hydrogen) atoms. The Morgan fingerprint density at radius 3 is 2.69 bits per heavy atom. The first-order valence-corrected chi connectivity index (χ1v) is 9.54. The molecule has 2 fully saturated rings. The fraction of sp³-hybridized carbons (Fsp3) is 0.737. The summed E-state index contributed by atoms with van der Waals surface area (Å²) < 4.78 is 7.49. The topological polar surface area (TPSA) is 67.7 Å². The minimum absolute atomic E-state index is 0.0240. The summed E-state index contributed by atoms with van der Waals surface area (Å²) in [5.74, 6) is -0.0562. The van der Waals surface area contributed by atoms with Gasteiger partial charge in [0.25, 0.3) is 5.91 Å². The number of rotatable bonds is 5. The van der Waals surface area contributed by atoms with Crippen molar-refractivity contribution in [3.8, 4) is 0 Å². The number of aromatic nitrogens is 2. The smallest absolute Gasteiger partial charge is 0.312 e. The quantitative estimate of drug-likeness (QED) is 0.746. The fourth-order valence-electron chi connectivity index (χ4n) is 4.16. The van der Waals surface area contributed by atoms with E-state index in [2.05, 4.69) is 12.0 Å². The van der Waals surface area contributed by atoms with Crippen molar-refractivity contribution < 1.29 is 14.3 Å². The van der Waals surface area contributed by atoms with Gasteiger partial charge in [-0.15, -0.1) is 0 Å². The molecule has 2 aliphatic heterocycles. The molecule has 1 aromatic heterocycles. The second-order valence-corrected chi connectivity index (χ2v) is 7.93. The number of cyclic esters (lactones) is 1. The summed E-state index contributed by atoms with van der Waals surface area (Å²) in [4.78, 5) is 29.3. The Morgan fingerprint density at radius 2 is 2.08 bits per heavy atom. The summed E-state index contributed by atoms with van der Waals surface area (Å²) >= 11 is 0. The minimum Gasteiger partial charge on any atom is -0.461 e. The fourth-order valence-corrected chi connectivity index (χ4v) is 4.16. The van der Waals surface area contributed by atoms with Gasteiger partial charge in [0.05, 0.1) is 17.2 Å². The summed E-state index contributed by atoms with van der Waals surface area (Å²) in [5, 5.41) is 4.33. The van der Waals surface area contributed by atoms with Gasteiger partial charge in [0, 0.05) is 38.3 Å². The molecule has 3 rings (SSSR count). The van der Waals surface area contributed by atoms with Crippen molar-refractivity contribution in [3.63, 3.8) is 0 Å². The molecule has 0 aromatic carbocycles. The molecular formula is C19H30N4O3. The monoisotopic (exact) mass is 362 g/mol. The Labute approximate surface area is 155 Å². The third kappa shape index (κ3) is 3.49. The van der Waals surface area contributed by atoms with Gasteiger partial charge in [-0.3, -0.25) is 14.3 Å². The molecule has 7 heteroatoms. The first-order chi connectivity index (χ1) is 12.4. The first kappa shape index (κ1) is 18.9. The molecule has 7 nitrogen and oxygen atoms in total. The number of hydrogen-bond acceptors (Lipinski definition) is 5. The number of piperidine rings is 1. The molecule has 0 radical (unpaired) electrons. The zero-order valence-corrected chi connectivity index (χ0v) is 16.3. The third-order valence-corrected chi connectivity index (χ3v) is 5.67. The minimum atomic E-state index is -0.404. The molecule has 0 saturated carbocycles. The van der Waals surface area contributed by atoms with Crippen molar-refractivity contribution in [2.75, 3.05) is 33.7 Å².